The van der Waals surface area contributed by atoms with Gasteiger partial charge < -0.3 is 15.6 Å². The van der Waals surface area contributed by atoms with E-state index >= 15 is 0 Å². The molecular weight excluding hydrogens is 330 g/mol. The van der Waals surface area contributed by atoms with Crippen LogP contribution in [0.3, 0.4) is 0 Å². The van der Waals surface area contributed by atoms with Gasteiger partial charge in [-0.15, -0.1) is 0 Å². The molecular formula is C17H20BrNO2. The molecule has 0 spiro atoms. The quantitative estimate of drug-likeness (QED) is 0.842. The average Bonchev–Trinajstić information content (AvgIpc) is 2.55. The first kappa shape index (κ1) is 16.0. The van der Waals surface area contributed by atoms with Gasteiger partial charge in [-0.05, 0) is 35.7 Å². The Morgan fingerprint density at radius 3 is 2.48 bits per heavy atom. The molecule has 0 aliphatic carbocycles. The molecule has 4 heteroatoms. The topological polar surface area (TPSA) is 55.5 Å². The normalized spacial score (nSPS) is 13.7. The lowest BCUT2D eigenvalue weighted by molar-refractivity contribution is 0.196. The highest BCUT2D eigenvalue weighted by molar-refractivity contribution is 9.10. The molecule has 112 valence electrons. The van der Waals surface area contributed by atoms with Gasteiger partial charge in [0, 0.05) is 16.4 Å². The highest BCUT2D eigenvalue weighted by Gasteiger charge is 2.31. The Morgan fingerprint density at radius 1 is 1.19 bits per heavy atom. The van der Waals surface area contributed by atoms with Crippen LogP contribution in [0.4, 0.5) is 0 Å². The molecule has 0 radical (unpaired) electrons. The SMILES string of the molecule is COc1ccc(Br)c(CC(CN)(CO)c2ccccc2)c1. The van der Waals surface area contributed by atoms with E-state index in [1.54, 1.807) is 7.11 Å². The summed E-state index contributed by atoms with van der Waals surface area (Å²) in [5, 5.41) is 9.98. The summed E-state index contributed by atoms with van der Waals surface area (Å²) in [4.78, 5) is 0. The number of aliphatic hydroxyl groups is 1. The van der Waals surface area contributed by atoms with Crippen LogP contribution in [0.15, 0.2) is 53.0 Å². The van der Waals surface area contributed by atoms with Gasteiger partial charge in [-0.1, -0.05) is 46.3 Å². The van der Waals surface area contributed by atoms with E-state index in [-0.39, 0.29) is 6.61 Å². The largest absolute Gasteiger partial charge is 0.497 e. The number of benzene rings is 2. The summed E-state index contributed by atoms with van der Waals surface area (Å²) in [6.45, 7) is 0.369. The van der Waals surface area contributed by atoms with Crippen LogP contribution >= 0.6 is 15.9 Å². The maximum Gasteiger partial charge on any atom is 0.119 e. The molecule has 0 amide bonds. The number of methoxy groups -OCH3 is 1. The average molecular weight is 350 g/mol. The molecule has 0 saturated heterocycles. The van der Waals surface area contributed by atoms with Gasteiger partial charge in [0.15, 0.2) is 0 Å². The summed E-state index contributed by atoms with van der Waals surface area (Å²) in [6.07, 6.45) is 0.641. The molecule has 0 bridgehead atoms. The monoisotopic (exact) mass is 349 g/mol. The summed E-state index contributed by atoms with van der Waals surface area (Å²) in [5.41, 5.74) is 7.64. The van der Waals surface area contributed by atoms with Crippen LogP contribution in [0.25, 0.3) is 0 Å². The third-order valence-corrected chi connectivity index (χ3v) is 4.63. The number of rotatable bonds is 6. The second-order valence-corrected chi connectivity index (χ2v) is 6.00. The minimum atomic E-state index is -0.490. The van der Waals surface area contributed by atoms with E-state index in [1.165, 1.54) is 0 Å². The Balaban J connectivity index is 2.41. The van der Waals surface area contributed by atoms with Gasteiger partial charge in [0.1, 0.15) is 5.75 Å². The van der Waals surface area contributed by atoms with E-state index < -0.39 is 5.41 Å². The van der Waals surface area contributed by atoms with E-state index in [2.05, 4.69) is 15.9 Å². The molecule has 0 fully saturated rings. The number of nitrogens with two attached hydrogens (primary N) is 1. The van der Waals surface area contributed by atoms with Crippen LogP contribution in [0.1, 0.15) is 11.1 Å². The molecule has 2 aromatic carbocycles. The fourth-order valence-electron chi connectivity index (χ4n) is 2.47. The molecule has 0 aliphatic rings. The number of aliphatic hydroxyl groups excluding tert-OH is 1. The molecule has 3 N–H and O–H groups in total. The smallest absolute Gasteiger partial charge is 0.119 e. The third kappa shape index (κ3) is 3.46. The van der Waals surface area contributed by atoms with Crippen molar-refractivity contribution in [2.45, 2.75) is 11.8 Å². The van der Waals surface area contributed by atoms with Crippen LogP contribution in [-0.4, -0.2) is 25.4 Å². The summed E-state index contributed by atoms with van der Waals surface area (Å²) in [5.74, 6) is 0.796. The highest BCUT2D eigenvalue weighted by atomic mass is 79.9. The maximum absolute atomic E-state index is 9.98. The zero-order valence-corrected chi connectivity index (χ0v) is 13.6. The van der Waals surface area contributed by atoms with E-state index in [1.807, 2.05) is 48.5 Å². The number of hydrogen-bond donors (Lipinski definition) is 2. The van der Waals surface area contributed by atoms with Gasteiger partial charge in [-0.2, -0.15) is 0 Å². The fourth-order valence-corrected chi connectivity index (χ4v) is 2.86. The van der Waals surface area contributed by atoms with Gasteiger partial charge in [0.2, 0.25) is 0 Å². The van der Waals surface area contributed by atoms with Crippen molar-refractivity contribution in [3.8, 4) is 5.75 Å². The Labute approximate surface area is 133 Å². The lowest BCUT2D eigenvalue weighted by Crippen LogP contribution is -2.41. The molecule has 1 unspecified atom stereocenters. The van der Waals surface area contributed by atoms with Crippen molar-refractivity contribution < 1.29 is 9.84 Å². The summed E-state index contributed by atoms with van der Waals surface area (Å²) >= 11 is 3.57. The van der Waals surface area contributed by atoms with Crippen molar-refractivity contribution in [3.63, 3.8) is 0 Å². The Hall–Kier alpha value is -1.36. The van der Waals surface area contributed by atoms with Crippen LogP contribution in [0, 0.1) is 0 Å². The first-order valence-corrected chi connectivity index (χ1v) is 7.63. The Morgan fingerprint density at radius 2 is 1.90 bits per heavy atom. The highest BCUT2D eigenvalue weighted by Crippen LogP contribution is 2.32. The molecule has 0 aliphatic heterocycles. The first-order chi connectivity index (χ1) is 10.1. The molecule has 21 heavy (non-hydrogen) atoms. The Kier molecular flexibility index (Phi) is 5.39. The molecule has 2 aromatic rings. The lowest BCUT2D eigenvalue weighted by atomic mass is 9.76. The zero-order valence-electron chi connectivity index (χ0n) is 12.1. The summed E-state index contributed by atoms with van der Waals surface area (Å²) < 4.78 is 6.27. The minimum Gasteiger partial charge on any atom is -0.497 e. The second kappa shape index (κ2) is 7.07. The Bertz CT molecular complexity index is 583. The second-order valence-electron chi connectivity index (χ2n) is 5.14. The van der Waals surface area contributed by atoms with Crippen molar-refractivity contribution in [1.29, 1.82) is 0 Å². The van der Waals surface area contributed by atoms with E-state index in [0.717, 1.165) is 21.3 Å². The van der Waals surface area contributed by atoms with Gasteiger partial charge >= 0.3 is 0 Å². The fraction of sp³-hybridized carbons (Fsp3) is 0.294. The third-order valence-electron chi connectivity index (χ3n) is 3.86. The van der Waals surface area contributed by atoms with Crippen LogP contribution in [-0.2, 0) is 11.8 Å². The van der Waals surface area contributed by atoms with E-state index in [9.17, 15) is 5.11 Å². The first-order valence-electron chi connectivity index (χ1n) is 6.84. The number of halogens is 1. The van der Waals surface area contributed by atoms with Crippen molar-refractivity contribution in [1.82, 2.24) is 0 Å². The maximum atomic E-state index is 9.98. The molecule has 0 heterocycles. The summed E-state index contributed by atoms with van der Waals surface area (Å²) in [6, 6.07) is 15.8. The lowest BCUT2D eigenvalue weighted by Gasteiger charge is -2.31. The van der Waals surface area contributed by atoms with Gasteiger partial charge in [0.05, 0.1) is 13.7 Å². The summed E-state index contributed by atoms with van der Waals surface area (Å²) in [7, 11) is 1.65. The number of ether oxygens (including phenoxy) is 1. The van der Waals surface area contributed by atoms with Crippen LogP contribution in [0.5, 0.6) is 5.75 Å². The van der Waals surface area contributed by atoms with Gasteiger partial charge in [-0.25, -0.2) is 0 Å². The van der Waals surface area contributed by atoms with Crippen LogP contribution < -0.4 is 10.5 Å². The number of hydrogen-bond acceptors (Lipinski definition) is 3. The van der Waals surface area contributed by atoms with Crippen molar-refractivity contribution >= 4 is 15.9 Å². The molecule has 3 nitrogen and oxygen atoms in total. The van der Waals surface area contributed by atoms with Crippen molar-refractivity contribution in [2.24, 2.45) is 5.73 Å². The van der Waals surface area contributed by atoms with Gasteiger partial charge in [0.25, 0.3) is 0 Å². The van der Waals surface area contributed by atoms with Crippen molar-refractivity contribution in [3.05, 3.63) is 64.1 Å². The van der Waals surface area contributed by atoms with E-state index in [0.29, 0.717) is 13.0 Å². The molecule has 0 aromatic heterocycles. The zero-order chi connectivity index (χ0) is 15.3. The predicted molar refractivity (Wildman–Crippen MR) is 88.7 cm³/mol. The molecule has 0 saturated carbocycles. The standard InChI is InChI=1S/C17H20BrNO2/c1-21-15-7-8-16(18)13(9-15)10-17(11-19,12-20)14-5-3-2-4-6-14/h2-9,20H,10-12,19H2,1H3. The molecule has 1 atom stereocenters. The van der Waals surface area contributed by atoms with E-state index in [4.69, 9.17) is 10.5 Å². The molecule has 2 rings (SSSR count). The van der Waals surface area contributed by atoms with Crippen LogP contribution in [0.2, 0.25) is 0 Å². The minimum absolute atomic E-state index is 0.00281. The predicted octanol–water partition coefficient (Wildman–Crippen LogP) is 2.89. The van der Waals surface area contributed by atoms with Gasteiger partial charge in [-0.3, -0.25) is 0 Å². The van der Waals surface area contributed by atoms with Crippen molar-refractivity contribution in [2.75, 3.05) is 20.3 Å².